The largest absolute Gasteiger partial charge is 0.493 e. The zero-order valence-electron chi connectivity index (χ0n) is 16.7. The van der Waals surface area contributed by atoms with E-state index in [1.165, 1.54) is 13.3 Å². The first-order chi connectivity index (χ1) is 15.1. The van der Waals surface area contributed by atoms with Gasteiger partial charge in [0.1, 0.15) is 12.4 Å². The molecular formula is C23H20Cl2N2O4. The summed E-state index contributed by atoms with van der Waals surface area (Å²) in [6.07, 6.45) is 1.50. The van der Waals surface area contributed by atoms with Crippen LogP contribution in [0.2, 0.25) is 10.0 Å². The van der Waals surface area contributed by atoms with Crippen molar-refractivity contribution in [1.29, 1.82) is 0 Å². The highest BCUT2D eigenvalue weighted by Crippen LogP contribution is 2.31. The Morgan fingerprint density at radius 3 is 2.42 bits per heavy atom. The predicted molar refractivity (Wildman–Crippen MR) is 121 cm³/mol. The van der Waals surface area contributed by atoms with Crippen LogP contribution < -0.4 is 19.6 Å². The van der Waals surface area contributed by atoms with Gasteiger partial charge in [-0.1, -0.05) is 47.5 Å². The van der Waals surface area contributed by atoms with Gasteiger partial charge in [0.15, 0.2) is 18.1 Å². The molecule has 0 saturated carbocycles. The van der Waals surface area contributed by atoms with E-state index in [0.717, 1.165) is 0 Å². The Kier molecular flexibility index (Phi) is 8.15. The lowest BCUT2D eigenvalue weighted by atomic mass is 10.2. The van der Waals surface area contributed by atoms with E-state index in [1.807, 2.05) is 18.2 Å². The van der Waals surface area contributed by atoms with E-state index in [-0.39, 0.29) is 19.1 Å². The molecule has 3 aromatic rings. The SMILES string of the molecule is COc1cc(/C=N/NC(=O)COc2ccccc2)ccc1OCc1c(Cl)cccc1Cl. The van der Waals surface area contributed by atoms with Gasteiger partial charge in [0.05, 0.1) is 13.3 Å². The monoisotopic (exact) mass is 458 g/mol. The van der Waals surface area contributed by atoms with Crippen molar-refractivity contribution in [1.82, 2.24) is 5.43 Å². The van der Waals surface area contributed by atoms with E-state index in [0.29, 0.717) is 38.4 Å². The Bertz CT molecular complexity index is 1040. The number of ether oxygens (including phenoxy) is 3. The van der Waals surface area contributed by atoms with E-state index >= 15 is 0 Å². The molecule has 1 N–H and O–H groups in total. The van der Waals surface area contributed by atoms with E-state index in [1.54, 1.807) is 48.5 Å². The third kappa shape index (κ3) is 6.64. The highest BCUT2D eigenvalue weighted by atomic mass is 35.5. The molecule has 6 nitrogen and oxygen atoms in total. The lowest BCUT2D eigenvalue weighted by molar-refractivity contribution is -0.123. The van der Waals surface area contributed by atoms with Gasteiger partial charge in [-0.25, -0.2) is 5.43 Å². The van der Waals surface area contributed by atoms with Crippen molar-refractivity contribution in [2.45, 2.75) is 6.61 Å². The number of nitrogens with one attached hydrogen (secondary N) is 1. The molecule has 0 saturated heterocycles. The Hall–Kier alpha value is -3.22. The quantitative estimate of drug-likeness (QED) is 0.357. The number of methoxy groups -OCH3 is 1. The van der Waals surface area contributed by atoms with Crippen molar-refractivity contribution >= 4 is 35.3 Å². The van der Waals surface area contributed by atoms with Gasteiger partial charge < -0.3 is 14.2 Å². The molecular weight excluding hydrogens is 439 g/mol. The number of benzene rings is 3. The fourth-order valence-electron chi connectivity index (χ4n) is 2.58. The van der Waals surface area contributed by atoms with Gasteiger partial charge in [0, 0.05) is 15.6 Å². The summed E-state index contributed by atoms with van der Waals surface area (Å²) in [5.41, 5.74) is 3.82. The minimum Gasteiger partial charge on any atom is -0.493 e. The predicted octanol–water partition coefficient (Wildman–Crippen LogP) is 5.11. The van der Waals surface area contributed by atoms with Crippen LogP contribution in [-0.4, -0.2) is 25.8 Å². The second kappa shape index (κ2) is 11.2. The maximum absolute atomic E-state index is 11.8. The molecule has 0 aromatic heterocycles. The lowest BCUT2D eigenvalue weighted by Crippen LogP contribution is -2.24. The third-order valence-electron chi connectivity index (χ3n) is 4.14. The summed E-state index contributed by atoms with van der Waals surface area (Å²) in [5, 5.41) is 5.00. The highest BCUT2D eigenvalue weighted by molar-refractivity contribution is 6.35. The van der Waals surface area contributed by atoms with Crippen molar-refractivity contribution in [3.05, 3.63) is 87.9 Å². The fourth-order valence-corrected chi connectivity index (χ4v) is 3.09. The van der Waals surface area contributed by atoms with E-state index < -0.39 is 0 Å². The topological polar surface area (TPSA) is 69.2 Å². The third-order valence-corrected chi connectivity index (χ3v) is 4.85. The van der Waals surface area contributed by atoms with Crippen molar-refractivity contribution in [3.63, 3.8) is 0 Å². The molecule has 31 heavy (non-hydrogen) atoms. The van der Waals surface area contributed by atoms with Crippen LogP contribution in [0.4, 0.5) is 0 Å². The molecule has 3 rings (SSSR count). The maximum atomic E-state index is 11.8. The Morgan fingerprint density at radius 2 is 1.71 bits per heavy atom. The number of hydrogen-bond acceptors (Lipinski definition) is 5. The van der Waals surface area contributed by atoms with E-state index in [9.17, 15) is 4.79 Å². The number of halogens is 2. The van der Waals surface area contributed by atoms with Crippen molar-refractivity contribution < 1.29 is 19.0 Å². The molecule has 3 aromatic carbocycles. The number of para-hydroxylation sites is 1. The van der Waals surface area contributed by atoms with Crippen molar-refractivity contribution in [2.75, 3.05) is 13.7 Å². The molecule has 0 fully saturated rings. The van der Waals surface area contributed by atoms with Crippen LogP contribution in [-0.2, 0) is 11.4 Å². The van der Waals surface area contributed by atoms with Crippen LogP contribution in [0, 0.1) is 0 Å². The molecule has 0 aliphatic carbocycles. The summed E-state index contributed by atoms with van der Waals surface area (Å²) in [6.45, 7) is 0.0574. The number of carbonyl (C=O) groups is 1. The van der Waals surface area contributed by atoms with Crippen molar-refractivity contribution in [3.8, 4) is 17.2 Å². The summed E-state index contributed by atoms with van der Waals surface area (Å²) in [6, 6.07) is 19.6. The number of hydrogen-bond donors (Lipinski definition) is 1. The molecule has 1 amide bonds. The molecule has 0 spiro atoms. The number of hydrazone groups is 1. The van der Waals surface area contributed by atoms with Crippen LogP contribution in [0.15, 0.2) is 71.8 Å². The highest BCUT2D eigenvalue weighted by Gasteiger charge is 2.10. The van der Waals surface area contributed by atoms with Gasteiger partial charge >= 0.3 is 0 Å². The Labute approximate surface area is 190 Å². The van der Waals surface area contributed by atoms with Gasteiger partial charge in [-0.05, 0) is 48.0 Å². The van der Waals surface area contributed by atoms with Crippen molar-refractivity contribution in [2.24, 2.45) is 5.10 Å². The molecule has 0 radical (unpaired) electrons. The molecule has 0 bridgehead atoms. The second-order valence-electron chi connectivity index (χ2n) is 6.29. The maximum Gasteiger partial charge on any atom is 0.277 e. The first-order valence-corrected chi connectivity index (χ1v) is 10.1. The molecule has 0 aliphatic heterocycles. The van der Waals surface area contributed by atoms with Crippen LogP contribution in [0.1, 0.15) is 11.1 Å². The number of nitrogens with zero attached hydrogens (tertiary/aromatic N) is 1. The fraction of sp³-hybridized carbons (Fsp3) is 0.130. The summed E-state index contributed by atoms with van der Waals surface area (Å²) < 4.78 is 16.6. The molecule has 0 atom stereocenters. The number of amides is 1. The summed E-state index contributed by atoms with van der Waals surface area (Å²) >= 11 is 12.4. The first-order valence-electron chi connectivity index (χ1n) is 9.30. The van der Waals surface area contributed by atoms with E-state index in [2.05, 4.69) is 10.5 Å². The summed E-state index contributed by atoms with van der Waals surface area (Å²) in [5.74, 6) is 1.27. The van der Waals surface area contributed by atoms with Crippen LogP contribution in [0.25, 0.3) is 0 Å². The molecule has 0 unspecified atom stereocenters. The smallest absolute Gasteiger partial charge is 0.277 e. The zero-order valence-corrected chi connectivity index (χ0v) is 18.2. The molecule has 0 aliphatic rings. The molecule has 160 valence electrons. The standard InChI is InChI=1S/C23H20Cl2N2O4/c1-29-22-12-16(13-26-27-23(28)15-30-17-6-3-2-4-7-17)10-11-21(22)31-14-18-19(24)8-5-9-20(18)25/h2-13H,14-15H2,1H3,(H,27,28)/b26-13+. The lowest BCUT2D eigenvalue weighted by Gasteiger charge is -2.13. The summed E-state index contributed by atoms with van der Waals surface area (Å²) in [4.78, 5) is 11.8. The van der Waals surface area contributed by atoms with E-state index in [4.69, 9.17) is 37.4 Å². The minimum absolute atomic E-state index is 0.137. The van der Waals surface area contributed by atoms with Gasteiger partial charge in [-0.3, -0.25) is 4.79 Å². The average molecular weight is 459 g/mol. The average Bonchev–Trinajstić information content (AvgIpc) is 2.78. The molecule has 8 heteroatoms. The zero-order chi connectivity index (χ0) is 22.1. The van der Waals surface area contributed by atoms with Gasteiger partial charge in [0.2, 0.25) is 0 Å². The van der Waals surface area contributed by atoms with Gasteiger partial charge in [-0.15, -0.1) is 0 Å². The number of carbonyl (C=O) groups excluding carboxylic acids is 1. The van der Waals surface area contributed by atoms with Crippen LogP contribution >= 0.6 is 23.2 Å². The van der Waals surface area contributed by atoms with Gasteiger partial charge in [0.25, 0.3) is 5.91 Å². The Balaban J connectivity index is 1.56. The molecule has 0 heterocycles. The van der Waals surface area contributed by atoms with Crippen LogP contribution in [0.3, 0.4) is 0 Å². The normalized spacial score (nSPS) is 10.7. The first kappa shape index (κ1) is 22.5. The Morgan fingerprint density at radius 1 is 0.968 bits per heavy atom. The van der Waals surface area contributed by atoms with Crippen LogP contribution in [0.5, 0.6) is 17.2 Å². The number of rotatable bonds is 9. The van der Waals surface area contributed by atoms with Gasteiger partial charge in [-0.2, -0.15) is 5.10 Å². The minimum atomic E-state index is -0.372. The second-order valence-corrected chi connectivity index (χ2v) is 7.11. The summed E-state index contributed by atoms with van der Waals surface area (Å²) in [7, 11) is 1.54.